The van der Waals surface area contributed by atoms with E-state index in [1.165, 1.54) is 24.0 Å². The second-order valence-electron chi connectivity index (χ2n) is 7.77. The van der Waals surface area contributed by atoms with Gasteiger partial charge in [0, 0.05) is 36.8 Å². The Morgan fingerprint density at radius 1 is 1.08 bits per heavy atom. The third-order valence-corrected chi connectivity index (χ3v) is 5.95. The molecule has 4 rings (SSSR count). The number of nitrogens with one attached hydrogen (secondary N) is 1. The van der Waals surface area contributed by atoms with Crippen molar-refractivity contribution in [3.63, 3.8) is 0 Å². The molecule has 2 fully saturated rings. The van der Waals surface area contributed by atoms with E-state index in [0.717, 1.165) is 39.0 Å². The molecule has 1 amide bonds. The molecule has 1 aliphatic carbocycles. The van der Waals surface area contributed by atoms with Crippen LogP contribution in [0.1, 0.15) is 36.8 Å². The van der Waals surface area contributed by atoms with Crippen molar-refractivity contribution in [1.29, 1.82) is 0 Å². The quantitative estimate of drug-likeness (QED) is 0.871. The highest BCUT2D eigenvalue weighted by Gasteiger charge is 2.44. The molecule has 1 aromatic carbocycles. The van der Waals surface area contributed by atoms with E-state index < -0.39 is 0 Å². The van der Waals surface area contributed by atoms with Crippen molar-refractivity contribution in [2.24, 2.45) is 5.92 Å². The predicted octanol–water partition coefficient (Wildman–Crippen LogP) is 3.14. The van der Waals surface area contributed by atoms with Crippen molar-refractivity contribution >= 4 is 5.91 Å². The Morgan fingerprint density at radius 2 is 1.77 bits per heavy atom. The molecule has 1 aliphatic heterocycles. The average Bonchev–Trinajstić information content (AvgIpc) is 3.49. The van der Waals surface area contributed by atoms with Crippen LogP contribution in [0.4, 0.5) is 0 Å². The number of pyridine rings is 1. The Hall–Kier alpha value is -2.20. The van der Waals surface area contributed by atoms with Crippen molar-refractivity contribution < 1.29 is 4.79 Å². The molecule has 1 N–H and O–H groups in total. The number of piperidine rings is 1. The largest absolute Gasteiger partial charge is 0.355 e. The molecule has 1 saturated heterocycles. The van der Waals surface area contributed by atoms with Gasteiger partial charge in [0.2, 0.25) is 5.91 Å². The fraction of sp³-hybridized carbons (Fsp3) is 0.455. The van der Waals surface area contributed by atoms with E-state index in [1.54, 1.807) is 0 Å². The first kappa shape index (κ1) is 17.2. The normalized spacial score (nSPS) is 19.8. The number of amides is 1. The molecular formula is C22H27N3O. The summed E-state index contributed by atoms with van der Waals surface area (Å²) in [5.74, 6) is 0.408. The molecule has 2 aromatic rings. The van der Waals surface area contributed by atoms with Crippen molar-refractivity contribution in [2.75, 3.05) is 19.6 Å². The number of benzene rings is 1. The van der Waals surface area contributed by atoms with Crippen LogP contribution >= 0.6 is 0 Å². The third-order valence-electron chi connectivity index (χ3n) is 5.95. The smallest absolute Gasteiger partial charge is 0.223 e. The third kappa shape index (κ3) is 3.96. The molecule has 0 atom stereocenters. The van der Waals surface area contributed by atoms with E-state index >= 15 is 0 Å². The van der Waals surface area contributed by atoms with Gasteiger partial charge in [-0.3, -0.25) is 14.7 Å². The molecule has 4 heteroatoms. The van der Waals surface area contributed by atoms with Crippen molar-refractivity contribution in [1.82, 2.24) is 15.2 Å². The van der Waals surface area contributed by atoms with Gasteiger partial charge in [0.05, 0.1) is 0 Å². The number of rotatable bonds is 6. The fourth-order valence-electron chi connectivity index (χ4n) is 4.01. The maximum atomic E-state index is 12.6. The molecule has 0 bridgehead atoms. The minimum atomic E-state index is 0.162. The van der Waals surface area contributed by atoms with Gasteiger partial charge >= 0.3 is 0 Å². The monoisotopic (exact) mass is 349 g/mol. The number of aromatic nitrogens is 1. The van der Waals surface area contributed by atoms with Crippen LogP contribution in [-0.2, 0) is 16.8 Å². The minimum Gasteiger partial charge on any atom is -0.355 e. The number of carbonyl (C=O) groups excluding carboxylic acids is 1. The molecule has 0 radical (unpaired) electrons. The van der Waals surface area contributed by atoms with E-state index in [2.05, 4.69) is 57.7 Å². The highest BCUT2D eigenvalue weighted by atomic mass is 16.1. The maximum Gasteiger partial charge on any atom is 0.223 e. The van der Waals surface area contributed by atoms with E-state index in [0.29, 0.717) is 0 Å². The minimum absolute atomic E-state index is 0.162. The molecule has 136 valence electrons. The summed E-state index contributed by atoms with van der Waals surface area (Å²) in [6.45, 7) is 3.72. The van der Waals surface area contributed by atoms with E-state index in [-0.39, 0.29) is 17.2 Å². The lowest BCUT2D eigenvalue weighted by molar-refractivity contribution is -0.126. The first-order valence-corrected chi connectivity index (χ1v) is 9.70. The summed E-state index contributed by atoms with van der Waals surface area (Å²) in [4.78, 5) is 19.1. The van der Waals surface area contributed by atoms with Gasteiger partial charge < -0.3 is 5.32 Å². The first-order valence-electron chi connectivity index (χ1n) is 9.70. The van der Waals surface area contributed by atoms with Crippen LogP contribution in [0, 0.1) is 5.92 Å². The number of likely N-dealkylation sites (tertiary alicyclic amines) is 1. The first-order chi connectivity index (χ1) is 12.8. The van der Waals surface area contributed by atoms with Crippen molar-refractivity contribution in [3.05, 3.63) is 66.0 Å². The predicted molar refractivity (Wildman–Crippen MR) is 103 cm³/mol. The van der Waals surface area contributed by atoms with Crippen LogP contribution in [0.3, 0.4) is 0 Å². The molecule has 0 spiro atoms. The SMILES string of the molecule is O=C(NCC1(c2ccccc2)CC1)C1CCN(Cc2ccncc2)CC1. The van der Waals surface area contributed by atoms with Gasteiger partial charge in [-0.15, -0.1) is 0 Å². The molecule has 1 aromatic heterocycles. The van der Waals surface area contributed by atoms with Crippen LogP contribution in [0.25, 0.3) is 0 Å². The topological polar surface area (TPSA) is 45.2 Å². The summed E-state index contributed by atoms with van der Waals surface area (Å²) in [5.41, 5.74) is 2.85. The fourth-order valence-corrected chi connectivity index (χ4v) is 4.01. The standard InChI is InChI=1S/C22H27N3O/c26-21(24-17-22(10-11-22)20-4-2-1-3-5-20)19-8-14-25(15-9-19)16-18-6-12-23-13-7-18/h1-7,12-13,19H,8-11,14-17H2,(H,24,26). The lowest BCUT2D eigenvalue weighted by Gasteiger charge is -2.31. The van der Waals surface area contributed by atoms with E-state index in [9.17, 15) is 4.79 Å². The zero-order valence-electron chi connectivity index (χ0n) is 15.2. The van der Waals surface area contributed by atoms with Gasteiger partial charge in [0.25, 0.3) is 0 Å². The highest BCUT2D eigenvalue weighted by molar-refractivity contribution is 5.79. The molecule has 0 unspecified atom stereocenters. The van der Waals surface area contributed by atoms with E-state index in [1.807, 2.05) is 12.4 Å². The van der Waals surface area contributed by atoms with Crippen molar-refractivity contribution in [3.8, 4) is 0 Å². The lowest BCUT2D eigenvalue weighted by Crippen LogP contribution is -2.42. The van der Waals surface area contributed by atoms with Crippen LogP contribution in [0.5, 0.6) is 0 Å². The highest BCUT2D eigenvalue weighted by Crippen LogP contribution is 2.47. The number of nitrogens with zero attached hydrogens (tertiary/aromatic N) is 2. The van der Waals surface area contributed by atoms with Gasteiger partial charge in [0.1, 0.15) is 0 Å². The van der Waals surface area contributed by atoms with Gasteiger partial charge in [-0.2, -0.15) is 0 Å². The van der Waals surface area contributed by atoms with Crippen LogP contribution in [0.2, 0.25) is 0 Å². The van der Waals surface area contributed by atoms with Crippen LogP contribution in [0.15, 0.2) is 54.9 Å². The lowest BCUT2D eigenvalue weighted by atomic mass is 9.93. The summed E-state index contributed by atoms with van der Waals surface area (Å²) < 4.78 is 0. The Morgan fingerprint density at radius 3 is 2.42 bits per heavy atom. The van der Waals surface area contributed by atoms with Crippen molar-refractivity contribution in [2.45, 2.75) is 37.6 Å². The molecule has 26 heavy (non-hydrogen) atoms. The second kappa shape index (κ2) is 7.58. The summed E-state index contributed by atoms with van der Waals surface area (Å²) in [7, 11) is 0. The summed E-state index contributed by atoms with van der Waals surface area (Å²) in [6, 6.07) is 14.8. The molecule has 4 nitrogen and oxygen atoms in total. The number of carbonyl (C=O) groups is 1. The maximum absolute atomic E-state index is 12.6. The second-order valence-corrected chi connectivity index (χ2v) is 7.77. The molecular weight excluding hydrogens is 322 g/mol. The van der Waals surface area contributed by atoms with Gasteiger partial charge in [-0.05, 0) is 62.0 Å². The zero-order chi connectivity index (χ0) is 17.8. The van der Waals surface area contributed by atoms with Crippen LogP contribution in [-0.4, -0.2) is 35.4 Å². The zero-order valence-corrected chi connectivity index (χ0v) is 15.2. The summed E-state index contributed by atoms with van der Waals surface area (Å²) >= 11 is 0. The Balaban J connectivity index is 1.24. The van der Waals surface area contributed by atoms with E-state index in [4.69, 9.17) is 0 Å². The molecule has 2 heterocycles. The number of hydrogen-bond donors (Lipinski definition) is 1. The molecule has 2 aliphatic rings. The van der Waals surface area contributed by atoms with Gasteiger partial charge in [-0.25, -0.2) is 0 Å². The van der Waals surface area contributed by atoms with Crippen LogP contribution < -0.4 is 5.32 Å². The Labute approximate surface area is 155 Å². The molecule has 1 saturated carbocycles. The van der Waals surface area contributed by atoms with Gasteiger partial charge in [-0.1, -0.05) is 30.3 Å². The average molecular weight is 349 g/mol. The number of hydrogen-bond acceptors (Lipinski definition) is 3. The Kier molecular flexibility index (Phi) is 5.02. The summed E-state index contributed by atoms with van der Waals surface area (Å²) in [6.07, 6.45) is 7.96. The Bertz CT molecular complexity index is 720. The van der Waals surface area contributed by atoms with Gasteiger partial charge in [0.15, 0.2) is 0 Å². The summed E-state index contributed by atoms with van der Waals surface area (Å²) in [5, 5.41) is 3.25.